The van der Waals surface area contributed by atoms with Crippen LogP contribution in [0.3, 0.4) is 0 Å². The number of ether oxygens (including phenoxy) is 1. The van der Waals surface area contributed by atoms with E-state index < -0.39 is 14.6 Å². The summed E-state index contributed by atoms with van der Waals surface area (Å²) >= 11 is 0. The zero-order valence-electron chi connectivity index (χ0n) is 13.2. The Bertz CT molecular complexity index is 589. The maximum absolute atomic E-state index is 11.7. The lowest BCUT2D eigenvalue weighted by molar-refractivity contribution is 0.277. The molecule has 0 atom stereocenters. The van der Waals surface area contributed by atoms with Gasteiger partial charge in [-0.15, -0.1) is 0 Å². The Balaban J connectivity index is 1.88. The fraction of sp³-hybridized carbons (Fsp3) is 0.625. The highest BCUT2D eigenvalue weighted by Crippen LogP contribution is 2.41. The van der Waals surface area contributed by atoms with E-state index in [1.807, 2.05) is 18.2 Å². The van der Waals surface area contributed by atoms with Gasteiger partial charge in [0.25, 0.3) is 0 Å². The number of rotatable bonds is 6. The Morgan fingerprint density at radius 3 is 2.48 bits per heavy atom. The zero-order chi connectivity index (χ0) is 15.7. The molecule has 5 heteroatoms. The van der Waals surface area contributed by atoms with Crippen molar-refractivity contribution in [3.63, 3.8) is 0 Å². The lowest BCUT2D eigenvalue weighted by Gasteiger charge is -2.38. The summed E-state index contributed by atoms with van der Waals surface area (Å²) in [6.07, 6.45) is 3.35. The van der Waals surface area contributed by atoms with E-state index in [0.717, 1.165) is 18.6 Å². The van der Waals surface area contributed by atoms with Gasteiger partial charge in [0, 0.05) is 18.8 Å². The van der Waals surface area contributed by atoms with E-state index in [1.54, 1.807) is 21.0 Å². The Hall–Kier alpha value is -1.07. The number of para-hydroxylation sites is 1. The van der Waals surface area contributed by atoms with Crippen LogP contribution in [0.2, 0.25) is 0 Å². The second-order valence-corrected chi connectivity index (χ2v) is 9.17. The van der Waals surface area contributed by atoms with Crippen molar-refractivity contribution in [1.82, 2.24) is 5.32 Å². The Labute approximate surface area is 127 Å². The first kappa shape index (κ1) is 16.3. The van der Waals surface area contributed by atoms with E-state index in [1.165, 1.54) is 11.8 Å². The third-order valence-corrected chi connectivity index (χ3v) is 6.69. The van der Waals surface area contributed by atoms with Crippen LogP contribution < -0.4 is 10.1 Å². The summed E-state index contributed by atoms with van der Waals surface area (Å²) < 4.78 is 28.0. The summed E-state index contributed by atoms with van der Waals surface area (Å²) in [6, 6.07) is 8.50. The van der Waals surface area contributed by atoms with Crippen LogP contribution in [0.4, 0.5) is 0 Å². The average Bonchev–Trinajstić information content (AvgIpc) is 2.36. The predicted molar refractivity (Wildman–Crippen MR) is 85.7 cm³/mol. The van der Waals surface area contributed by atoms with Gasteiger partial charge in [-0.3, -0.25) is 0 Å². The normalized spacial score (nSPS) is 22.7. The Kier molecular flexibility index (Phi) is 4.63. The molecule has 0 heterocycles. The van der Waals surface area contributed by atoms with Gasteiger partial charge in [-0.25, -0.2) is 8.42 Å². The highest BCUT2D eigenvalue weighted by molar-refractivity contribution is 7.92. The van der Waals surface area contributed by atoms with Crippen molar-refractivity contribution in [3.05, 3.63) is 29.8 Å². The topological polar surface area (TPSA) is 55.4 Å². The van der Waals surface area contributed by atoms with Gasteiger partial charge >= 0.3 is 0 Å². The van der Waals surface area contributed by atoms with E-state index in [-0.39, 0.29) is 0 Å². The molecule has 1 aromatic rings. The summed E-state index contributed by atoms with van der Waals surface area (Å²) in [7, 11) is -1.34. The van der Waals surface area contributed by atoms with Crippen LogP contribution in [0, 0.1) is 0 Å². The van der Waals surface area contributed by atoms with Crippen LogP contribution in [0.25, 0.3) is 0 Å². The molecule has 1 aliphatic carbocycles. The molecule has 4 nitrogen and oxygen atoms in total. The summed E-state index contributed by atoms with van der Waals surface area (Å²) in [4.78, 5) is 0. The molecule has 1 aliphatic rings. The second-order valence-electron chi connectivity index (χ2n) is 6.52. The first-order chi connectivity index (χ1) is 9.74. The highest BCUT2D eigenvalue weighted by Gasteiger charge is 2.35. The summed E-state index contributed by atoms with van der Waals surface area (Å²) in [6.45, 7) is 4.03. The molecule has 2 rings (SSSR count). The molecule has 118 valence electrons. The van der Waals surface area contributed by atoms with Gasteiger partial charge in [-0.05, 0) is 44.2 Å². The molecule has 1 saturated carbocycles. The molecule has 1 aromatic carbocycles. The fourth-order valence-electron chi connectivity index (χ4n) is 2.56. The van der Waals surface area contributed by atoms with Crippen LogP contribution in [0.1, 0.15) is 38.2 Å². The van der Waals surface area contributed by atoms with Gasteiger partial charge in [-0.1, -0.05) is 18.2 Å². The Morgan fingerprint density at radius 2 is 1.90 bits per heavy atom. The van der Waals surface area contributed by atoms with Crippen LogP contribution in [-0.2, 0) is 9.84 Å². The lowest BCUT2D eigenvalue weighted by atomic mass is 9.75. The van der Waals surface area contributed by atoms with Crippen LogP contribution in [-0.4, -0.2) is 39.1 Å². The number of nitrogens with one attached hydrogen (secondary N) is 1. The van der Waals surface area contributed by atoms with Crippen molar-refractivity contribution in [2.24, 2.45) is 0 Å². The molecule has 1 fully saturated rings. The smallest absolute Gasteiger partial charge is 0.153 e. The number of sulfone groups is 1. The fourth-order valence-corrected chi connectivity index (χ4v) is 2.91. The molecule has 0 bridgehead atoms. The molecular formula is C16H25NO3S. The quantitative estimate of drug-likeness (QED) is 0.876. The van der Waals surface area contributed by atoms with Crippen molar-refractivity contribution in [1.29, 1.82) is 0 Å². The monoisotopic (exact) mass is 311 g/mol. The van der Waals surface area contributed by atoms with Crippen LogP contribution in [0.5, 0.6) is 5.75 Å². The minimum atomic E-state index is -3.04. The third-order valence-electron chi connectivity index (χ3n) is 4.54. The van der Waals surface area contributed by atoms with Gasteiger partial charge < -0.3 is 10.1 Å². The van der Waals surface area contributed by atoms with E-state index in [9.17, 15) is 8.42 Å². The molecule has 21 heavy (non-hydrogen) atoms. The molecule has 0 spiro atoms. The largest absolute Gasteiger partial charge is 0.496 e. The summed E-state index contributed by atoms with van der Waals surface area (Å²) in [5.74, 6) is 1.44. The van der Waals surface area contributed by atoms with Crippen molar-refractivity contribution in [3.8, 4) is 5.75 Å². The van der Waals surface area contributed by atoms with E-state index in [0.29, 0.717) is 18.5 Å². The molecule has 0 unspecified atom stereocenters. The Morgan fingerprint density at radius 1 is 1.29 bits per heavy atom. The molecule has 1 N–H and O–H groups in total. The van der Waals surface area contributed by atoms with Crippen molar-refractivity contribution >= 4 is 9.84 Å². The zero-order valence-corrected chi connectivity index (χ0v) is 14.0. The SMILES string of the molecule is COc1ccccc1C1CC(NCC(C)(C)S(C)(=O)=O)C1. The van der Waals surface area contributed by atoms with Gasteiger partial charge in [0.05, 0.1) is 11.9 Å². The lowest BCUT2D eigenvalue weighted by Crippen LogP contribution is -2.49. The molecule has 0 amide bonds. The summed E-state index contributed by atoms with van der Waals surface area (Å²) in [5.41, 5.74) is 1.25. The van der Waals surface area contributed by atoms with Crippen molar-refractivity contribution in [2.75, 3.05) is 19.9 Å². The third kappa shape index (κ3) is 3.58. The predicted octanol–water partition coefficient (Wildman–Crippen LogP) is 2.35. The van der Waals surface area contributed by atoms with Crippen LogP contribution in [0.15, 0.2) is 24.3 Å². The first-order valence-corrected chi connectivity index (χ1v) is 9.19. The molecule has 0 aromatic heterocycles. The first-order valence-electron chi connectivity index (χ1n) is 7.30. The average molecular weight is 311 g/mol. The van der Waals surface area contributed by atoms with E-state index in [2.05, 4.69) is 11.4 Å². The minimum absolute atomic E-state index is 0.390. The second kappa shape index (κ2) is 5.97. The number of methoxy groups -OCH3 is 1. The number of benzene rings is 1. The standard InChI is InChI=1S/C16H25NO3S/c1-16(2,21(4,18)19)11-17-13-9-12(10-13)14-7-5-6-8-15(14)20-3/h5-8,12-13,17H,9-11H2,1-4H3. The van der Waals surface area contributed by atoms with E-state index >= 15 is 0 Å². The van der Waals surface area contributed by atoms with Gasteiger partial charge in [0.15, 0.2) is 9.84 Å². The molecule has 0 saturated heterocycles. The minimum Gasteiger partial charge on any atom is -0.496 e. The summed E-state index contributed by atoms with van der Waals surface area (Å²) in [5, 5.41) is 3.38. The van der Waals surface area contributed by atoms with Gasteiger partial charge in [0.1, 0.15) is 5.75 Å². The van der Waals surface area contributed by atoms with E-state index in [4.69, 9.17) is 4.74 Å². The van der Waals surface area contributed by atoms with Crippen LogP contribution >= 0.6 is 0 Å². The van der Waals surface area contributed by atoms with Gasteiger partial charge in [0.2, 0.25) is 0 Å². The van der Waals surface area contributed by atoms with Gasteiger partial charge in [-0.2, -0.15) is 0 Å². The number of hydrogen-bond acceptors (Lipinski definition) is 4. The van der Waals surface area contributed by atoms with Crippen molar-refractivity contribution < 1.29 is 13.2 Å². The highest BCUT2D eigenvalue weighted by atomic mass is 32.2. The molecular weight excluding hydrogens is 286 g/mol. The van der Waals surface area contributed by atoms with Crippen molar-refractivity contribution in [2.45, 2.75) is 43.4 Å². The number of hydrogen-bond donors (Lipinski definition) is 1. The molecule has 0 aliphatic heterocycles. The maximum atomic E-state index is 11.7. The maximum Gasteiger partial charge on any atom is 0.153 e. The molecule has 0 radical (unpaired) electrons.